The van der Waals surface area contributed by atoms with Crippen molar-refractivity contribution in [2.75, 3.05) is 5.32 Å². The van der Waals surface area contributed by atoms with Gasteiger partial charge in [0.05, 0.1) is 6.04 Å². The van der Waals surface area contributed by atoms with Crippen molar-refractivity contribution in [1.29, 1.82) is 0 Å². The Hall–Kier alpha value is -1.14. The summed E-state index contributed by atoms with van der Waals surface area (Å²) >= 11 is 0. The largest absolute Gasteiger partial charge is 3.00 e. The Morgan fingerprint density at radius 1 is 1.13 bits per heavy atom. The van der Waals surface area contributed by atoms with E-state index in [0.29, 0.717) is 29.6 Å². The molecular weight excluding hydrogens is 375 g/mol. The first-order valence-electron chi connectivity index (χ1n) is 7.15. The Bertz CT molecular complexity index is 665. The van der Waals surface area contributed by atoms with E-state index in [0.717, 1.165) is 12.0 Å². The minimum atomic E-state index is -0.858. The van der Waals surface area contributed by atoms with Crippen LogP contribution in [-0.2, 0) is 32.7 Å². The molecule has 0 aliphatic rings. The number of nitrogens with one attached hydrogen (secondary N) is 1. The van der Waals surface area contributed by atoms with E-state index in [9.17, 15) is 8.78 Å². The second kappa shape index (κ2) is 8.64. The molecule has 0 saturated carbocycles. The Morgan fingerprint density at radius 2 is 1.83 bits per heavy atom. The predicted molar refractivity (Wildman–Crippen MR) is 81.3 cm³/mol. The zero-order chi connectivity index (χ0) is 16.3. The van der Waals surface area contributed by atoms with Gasteiger partial charge in [-0.15, -0.1) is 0 Å². The predicted octanol–water partition coefficient (Wildman–Crippen LogP) is 3.98. The number of aryl methyl sites for hydroxylation is 1. The summed E-state index contributed by atoms with van der Waals surface area (Å²) in [6, 6.07) is 3.68. The summed E-state index contributed by atoms with van der Waals surface area (Å²) in [6.07, 6.45) is 0.681. The molecule has 0 aliphatic carbocycles. The molecule has 1 unspecified atom stereocenters. The number of anilines is 1. The summed E-state index contributed by atoms with van der Waals surface area (Å²) in [5, 5.41) is 3.16. The van der Waals surface area contributed by atoms with Gasteiger partial charge in [0.25, 0.3) is 0 Å². The van der Waals surface area contributed by atoms with E-state index in [-0.39, 0.29) is 38.8 Å². The van der Waals surface area contributed by atoms with Crippen LogP contribution in [0.3, 0.4) is 0 Å². The molecular formula is C16H19F2N4Y+2. The van der Waals surface area contributed by atoms with Crippen LogP contribution in [0.25, 0.3) is 0 Å². The molecule has 1 heterocycles. The zero-order valence-electron chi connectivity index (χ0n) is 13.7. The monoisotopic (exact) mass is 394 g/mol. The molecule has 7 heteroatoms. The third-order valence-corrected chi connectivity index (χ3v) is 3.25. The smallest absolute Gasteiger partial charge is 0.347 e. The van der Waals surface area contributed by atoms with Crippen LogP contribution >= 0.6 is 0 Å². The fourth-order valence-corrected chi connectivity index (χ4v) is 2.08. The number of benzene rings is 1. The van der Waals surface area contributed by atoms with Crippen molar-refractivity contribution in [3.63, 3.8) is 0 Å². The summed E-state index contributed by atoms with van der Waals surface area (Å²) in [6.45, 7) is 7.58. The molecule has 0 radical (unpaired) electrons. The SMILES string of the molecule is CCC(Nc1nc(C)nc([C-](C)C)n1)c1ccc(F)c(F)c1.[Y+3]. The van der Waals surface area contributed by atoms with E-state index in [1.807, 2.05) is 20.8 Å². The molecule has 0 bridgehead atoms. The Balaban J connectivity index is 0.00000264. The number of aromatic nitrogens is 3. The van der Waals surface area contributed by atoms with Crippen LogP contribution in [0.2, 0.25) is 0 Å². The van der Waals surface area contributed by atoms with Crippen molar-refractivity contribution in [3.8, 4) is 0 Å². The molecule has 0 aliphatic heterocycles. The molecule has 23 heavy (non-hydrogen) atoms. The van der Waals surface area contributed by atoms with Crippen LogP contribution < -0.4 is 5.32 Å². The molecule has 0 saturated heterocycles. The van der Waals surface area contributed by atoms with Crippen LogP contribution in [0, 0.1) is 24.5 Å². The molecule has 0 fully saturated rings. The van der Waals surface area contributed by atoms with Crippen LogP contribution in [0.1, 0.15) is 50.4 Å². The van der Waals surface area contributed by atoms with Gasteiger partial charge in [-0.25, -0.2) is 13.8 Å². The second-order valence-corrected chi connectivity index (χ2v) is 5.31. The maximum absolute atomic E-state index is 13.4. The van der Waals surface area contributed by atoms with Crippen molar-refractivity contribution in [2.24, 2.45) is 0 Å². The third kappa shape index (κ3) is 5.18. The molecule has 1 N–H and O–H groups in total. The first-order valence-corrected chi connectivity index (χ1v) is 7.15. The van der Waals surface area contributed by atoms with Gasteiger partial charge in [-0.1, -0.05) is 13.0 Å². The Morgan fingerprint density at radius 3 is 2.39 bits per heavy atom. The standard InChI is InChI=1S/C16H19F2N4.Y/c1-5-14(11-6-7-12(17)13(18)8-11)21-16-20-10(4)19-15(22-16)9(2)3;/h6-8,14H,5H2,1-4H3,(H,19,20,21,22);/q-1;+3. The van der Waals surface area contributed by atoms with E-state index >= 15 is 0 Å². The minimum Gasteiger partial charge on any atom is -0.347 e. The maximum Gasteiger partial charge on any atom is 3.00 e. The van der Waals surface area contributed by atoms with Gasteiger partial charge in [0.1, 0.15) is 5.82 Å². The summed E-state index contributed by atoms with van der Waals surface area (Å²) < 4.78 is 26.5. The summed E-state index contributed by atoms with van der Waals surface area (Å²) in [7, 11) is 0. The maximum atomic E-state index is 13.4. The first kappa shape index (κ1) is 19.9. The van der Waals surface area contributed by atoms with Crippen LogP contribution in [0.5, 0.6) is 0 Å². The number of hydrogen-bond acceptors (Lipinski definition) is 4. The number of nitrogens with zero attached hydrogens (tertiary/aromatic N) is 3. The molecule has 1 aromatic heterocycles. The van der Waals surface area contributed by atoms with Crippen molar-refractivity contribution in [3.05, 3.63) is 53.0 Å². The molecule has 2 aromatic rings. The normalized spacial score (nSPS) is 11.6. The molecule has 0 spiro atoms. The van der Waals surface area contributed by atoms with Crippen molar-refractivity contribution >= 4 is 5.95 Å². The van der Waals surface area contributed by atoms with Crippen molar-refractivity contribution < 1.29 is 41.5 Å². The van der Waals surface area contributed by atoms with Gasteiger partial charge in [0, 0.05) is 5.82 Å². The molecule has 1 aromatic carbocycles. The van der Waals surface area contributed by atoms with E-state index in [1.54, 1.807) is 13.0 Å². The van der Waals surface area contributed by atoms with Crippen LogP contribution in [-0.4, -0.2) is 15.0 Å². The Kier molecular flexibility index (Phi) is 7.48. The topological polar surface area (TPSA) is 50.7 Å². The van der Waals surface area contributed by atoms with E-state index < -0.39 is 11.6 Å². The fourth-order valence-electron chi connectivity index (χ4n) is 2.08. The molecule has 118 valence electrons. The summed E-state index contributed by atoms with van der Waals surface area (Å²) in [5.41, 5.74) is 0.651. The van der Waals surface area contributed by atoms with Gasteiger partial charge in [-0.3, -0.25) is 4.98 Å². The van der Waals surface area contributed by atoms with E-state index in [2.05, 4.69) is 20.3 Å². The van der Waals surface area contributed by atoms with Crippen LogP contribution in [0.4, 0.5) is 14.7 Å². The third-order valence-electron chi connectivity index (χ3n) is 3.25. The second-order valence-electron chi connectivity index (χ2n) is 5.31. The van der Waals surface area contributed by atoms with Gasteiger partial charge in [-0.05, 0) is 31.0 Å². The minimum absolute atomic E-state index is 0. The average molecular weight is 394 g/mol. The van der Waals surface area contributed by atoms with Gasteiger partial charge in [-0.2, -0.15) is 18.8 Å². The van der Waals surface area contributed by atoms with Gasteiger partial charge in [0.2, 0.25) is 5.95 Å². The summed E-state index contributed by atoms with van der Waals surface area (Å²) in [4.78, 5) is 12.9. The average Bonchev–Trinajstić information content (AvgIpc) is 2.47. The van der Waals surface area contributed by atoms with Crippen molar-refractivity contribution in [2.45, 2.75) is 40.2 Å². The molecule has 2 rings (SSSR count). The number of rotatable bonds is 5. The van der Waals surface area contributed by atoms with E-state index in [4.69, 9.17) is 0 Å². The van der Waals surface area contributed by atoms with Gasteiger partial charge in [0.15, 0.2) is 11.6 Å². The number of hydrogen-bond donors (Lipinski definition) is 1. The zero-order valence-corrected chi connectivity index (χ0v) is 16.5. The van der Waals surface area contributed by atoms with Gasteiger partial charge >= 0.3 is 32.7 Å². The van der Waals surface area contributed by atoms with Crippen LogP contribution in [0.15, 0.2) is 18.2 Å². The fraction of sp³-hybridized carbons (Fsp3) is 0.375. The van der Waals surface area contributed by atoms with Gasteiger partial charge < -0.3 is 11.2 Å². The van der Waals surface area contributed by atoms with E-state index in [1.165, 1.54) is 6.07 Å². The van der Waals surface area contributed by atoms with Crippen molar-refractivity contribution in [1.82, 2.24) is 15.0 Å². The molecule has 1 atom stereocenters. The number of halogens is 2. The Labute approximate surface area is 160 Å². The molecule has 4 nitrogen and oxygen atoms in total. The molecule has 0 amide bonds. The summed E-state index contributed by atoms with van der Waals surface area (Å²) in [5.74, 6) is 0.926. The first-order chi connectivity index (χ1) is 10.4. The quantitative estimate of drug-likeness (QED) is 0.780.